The van der Waals surface area contributed by atoms with Crippen LogP contribution in [0.3, 0.4) is 0 Å². The summed E-state index contributed by atoms with van der Waals surface area (Å²) in [5, 5.41) is 11.2. The second kappa shape index (κ2) is 8.48. The summed E-state index contributed by atoms with van der Waals surface area (Å²) in [6, 6.07) is 3.34. The molecule has 2 rings (SSSR count). The summed E-state index contributed by atoms with van der Waals surface area (Å²) in [5.74, 6) is -1.41. The number of hydrogen-bond acceptors (Lipinski definition) is 6. The lowest BCUT2D eigenvalue weighted by molar-refractivity contribution is -0.385. The number of nitro benzene ring substituents is 1. The highest BCUT2D eigenvalue weighted by molar-refractivity contribution is 6.07. The SMILES string of the molecule is COC(=O)c1c(C)c(C(=O)[C@H](C)N(C)C(=O)c2ccc(C)c([N+](=O)[O-])c2)c(C)n1C. The van der Waals surface area contributed by atoms with E-state index in [1.54, 1.807) is 39.3 Å². The van der Waals surface area contributed by atoms with Crippen LogP contribution in [0.5, 0.6) is 0 Å². The lowest BCUT2D eigenvalue weighted by atomic mass is 9.99. The second-order valence-electron chi connectivity index (χ2n) is 7.20. The maximum absolute atomic E-state index is 13.2. The number of Topliss-reactive ketones (excluding diaryl/α,β-unsaturated/α-hetero) is 1. The number of rotatable bonds is 6. The molecule has 30 heavy (non-hydrogen) atoms. The molecule has 0 fully saturated rings. The number of nitro groups is 1. The average Bonchev–Trinajstić information content (AvgIpc) is 2.93. The first kappa shape index (κ1) is 22.8. The fourth-order valence-corrected chi connectivity index (χ4v) is 3.43. The average molecular weight is 415 g/mol. The van der Waals surface area contributed by atoms with E-state index in [9.17, 15) is 24.5 Å². The lowest BCUT2D eigenvalue weighted by Gasteiger charge is -2.24. The van der Waals surface area contributed by atoms with Crippen molar-refractivity contribution >= 4 is 23.3 Å². The van der Waals surface area contributed by atoms with Crippen LogP contribution in [0.2, 0.25) is 0 Å². The molecule has 160 valence electrons. The van der Waals surface area contributed by atoms with Crippen molar-refractivity contribution in [1.82, 2.24) is 9.47 Å². The number of esters is 1. The Labute approximate surface area is 174 Å². The Hall–Kier alpha value is -3.49. The van der Waals surface area contributed by atoms with Crippen LogP contribution in [0.15, 0.2) is 18.2 Å². The van der Waals surface area contributed by atoms with Crippen molar-refractivity contribution < 1.29 is 24.0 Å². The fourth-order valence-electron chi connectivity index (χ4n) is 3.43. The highest BCUT2D eigenvalue weighted by Gasteiger charge is 2.31. The number of nitrogens with zero attached hydrogens (tertiary/aromatic N) is 3. The molecule has 0 aliphatic rings. The molecule has 1 amide bonds. The summed E-state index contributed by atoms with van der Waals surface area (Å²) in [4.78, 5) is 50.0. The molecule has 0 aliphatic heterocycles. The molecule has 0 radical (unpaired) electrons. The minimum Gasteiger partial charge on any atom is -0.464 e. The summed E-state index contributed by atoms with van der Waals surface area (Å²) >= 11 is 0. The van der Waals surface area contributed by atoms with Gasteiger partial charge in [-0.3, -0.25) is 19.7 Å². The molecule has 2 aromatic rings. The molecule has 1 aromatic heterocycles. The number of aromatic nitrogens is 1. The molecular formula is C21H25N3O6. The van der Waals surface area contributed by atoms with E-state index in [1.807, 2.05) is 0 Å². The summed E-state index contributed by atoms with van der Waals surface area (Å²) in [5.41, 5.74) is 2.07. The number of aryl methyl sites for hydroxylation is 1. The van der Waals surface area contributed by atoms with E-state index in [-0.39, 0.29) is 22.7 Å². The van der Waals surface area contributed by atoms with Gasteiger partial charge in [0.15, 0.2) is 5.78 Å². The number of likely N-dealkylation sites (N-methyl/N-ethyl adjacent to an activating group) is 1. The van der Waals surface area contributed by atoms with E-state index in [4.69, 9.17) is 4.74 Å². The van der Waals surface area contributed by atoms with Gasteiger partial charge in [0, 0.05) is 42.5 Å². The standard InChI is InChI=1S/C21H25N3O6/c1-11-8-9-15(10-16(11)24(28)29)20(26)23(6)14(4)19(25)17-12(2)18(21(27)30-7)22(5)13(17)3/h8-10,14H,1-7H3/t14-/m0/s1. The van der Waals surface area contributed by atoms with Gasteiger partial charge >= 0.3 is 5.97 Å². The van der Waals surface area contributed by atoms with Gasteiger partial charge in [0.05, 0.1) is 18.1 Å². The monoisotopic (exact) mass is 415 g/mol. The molecule has 1 aromatic carbocycles. The zero-order valence-electron chi connectivity index (χ0n) is 18.1. The van der Waals surface area contributed by atoms with Crippen molar-refractivity contribution in [3.63, 3.8) is 0 Å². The minimum absolute atomic E-state index is 0.117. The minimum atomic E-state index is -0.858. The second-order valence-corrected chi connectivity index (χ2v) is 7.20. The van der Waals surface area contributed by atoms with E-state index in [1.165, 1.54) is 37.3 Å². The van der Waals surface area contributed by atoms with Crippen LogP contribution >= 0.6 is 0 Å². The van der Waals surface area contributed by atoms with Crippen molar-refractivity contribution in [3.8, 4) is 0 Å². The smallest absolute Gasteiger partial charge is 0.354 e. The topological polar surface area (TPSA) is 112 Å². The normalized spacial score (nSPS) is 11.7. The third-order valence-electron chi connectivity index (χ3n) is 5.49. The number of ether oxygens (including phenoxy) is 1. The molecule has 9 nitrogen and oxygen atoms in total. The molecule has 0 saturated heterocycles. The van der Waals surface area contributed by atoms with Crippen molar-refractivity contribution in [2.45, 2.75) is 33.7 Å². The van der Waals surface area contributed by atoms with E-state index >= 15 is 0 Å². The third-order valence-corrected chi connectivity index (χ3v) is 5.49. The Morgan fingerprint density at radius 3 is 2.33 bits per heavy atom. The third kappa shape index (κ3) is 3.83. The number of carbonyl (C=O) groups is 3. The predicted molar refractivity (Wildman–Crippen MR) is 110 cm³/mol. The van der Waals surface area contributed by atoms with Crippen LogP contribution in [0.25, 0.3) is 0 Å². The van der Waals surface area contributed by atoms with Gasteiger partial charge in [-0.1, -0.05) is 6.07 Å². The first-order valence-corrected chi connectivity index (χ1v) is 9.24. The van der Waals surface area contributed by atoms with Crippen LogP contribution in [0.1, 0.15) is 54.9 Å². The Balaban J connectivity index is 2.39. The molecule has 1 heterocycles. The Morgan fingerprint density at radius 1 is 1.20 bits per heavy atom. The predicted octanol–water partition coefficient (Wildman–Crippen LogP) is 2.99. The van der Waals surface area contributed by atoms with Gasteiger partial charge in [-0.05, 0) is 39.3 Å². The van der Waals surface area contributed by atoms with Gasteiger partial charge in [-0.25, -0.2) is 4.79 Å². The summed E-state index contributed by atoms with van der Waals surface area (Å²) in [6.45, 7) is 6.53. The van der Waals surface area contributed by atoms with Crippen LogP contribution < -0.4 is 0 Å². The zero-order valence-corrected chi connectivity index (χ0v) is 18.1. The maximum Gasteiger partial charge on any atom is 0.354 e. The van der Waals surface area contributed by atoms with Gasteiger partial charge in [0.25, 0.3) is 11.6 Å². The number of amides is 1. The first-order valence-electron chi connectivity index (χ1n) is 9.24. The van der Waals surface area contributed by atoms with Crippen molar-refractivity contribution in [1.29, 1.82) is 0 Å². The van der Waals surface area contributed by atoms with Gasteiger partial charge < -0.3 is 14.2 Å². The molecule has 0 bridgehead atoms. The Morgan fingerprint density at radius 2 is 1.80 bits per heavy atom. The number of carbonyl (C=O) groups excluding carboxylic acids is 3. The first-order chi connectivity index (χ1) is 13.9. The van der Waals surface area contributed by atoms with E-state index in [0.29, 0.717) is 22.4 Å². The molecule has 1 atom stereocenters. The number of benzene rings is 1. The van der Waals surface area contributed by atoms with E-state index < -0.39 is 22.8 Å². The van der Waals surface area contributed by atoms with Crippen LogP contribution in [0.4, 0.5) is 5.69 Å². The summed E-state index contributed by atoms with van der Waals surface area (Å²) < 4.78 is 6.39. The van der Waals surface area contributed by atoms with Crippen molar-refractivity contribution in [3.05, 3.63) is 62.0 Å². The zero-order chi connectivity index (χ0) is 22.9. The highest BCUT2D eigenvalue weighted by Crippen LogP contribution is 2.25. The molecule has 9 heteroatoms. The molecule has 0 unspecified atom stereocenters. The Bertz CT molecular complexity index is 1050. The molecule has 0 saturated carbocycles. The highest BCUT2D eigenvalue weighted by atomic mass is 16.6. The lowest BCUT2D eigenvalue weighted by Crippen LogP contribution is -2.40. The maximum atomic E-state index is 13.2. The van der Waals surface area contributed by atoms with Crippen molar-refractivity contribution in [2.75, 3.05) is 14.2 Å². The molecule has 0 spiro atoms. The van der Waals surface area contributed by atoms with Crippen molar-refractivity contribution in [2.24, 2.45) is 7.05 Å². The summed E-state index contributed by atoms with van der Waals surface area (Å²) in [6.07, 6.45) is 0. The summed E-state index contributed by atoms with van der Waals surface area (Å²) in [7, 11) is 4.39. The van der Waals surface area contributed by atoms with Crippen LogP contribution in [0, 0.1) is 30.9 Å². The van der Waals surface area contributed by atoms with Crippen LogP contribution in [-0.2, 0) is 11.8 Å². The molecular weight excluding hydrogens is 390 g/mol. The van der Waals surface area contributed by atoms with Gasteiger partial charge in [0.2, 0.25) is 0 Å². The van der Waals surface area contributed by atoms with Gasteiger partial charge in [0.1, 0.15) is 5.69 Å². The molecule has 0 N–H and O–H groups in total. The number of hydrogen-bond donors (Lipinski definition) is 0. The van der Waals surface area contributed by atoms with Gasteiger partial charge in [-0.15, -0.1) is 0 Å². The van der Waals surface area contributed by atoms with E-state index in [2.05, 4.69) is 0 Å². The number of methoxy groups -OCH3 is 1. The Kier molecular flexibility index (Phi) is 6.44. The quantitative estimate of drug-likeness (QED) is 0.310. The number of ketones is 1. The largest absolute Gasteiger partial charge is 0.464 e. The molecule has 0 aliphatic carbocycles. The van der Waals surface area contributed by atoms with Crippen LogP contribution in [-0.4, -0.2) is 52.2 Å². The van der Waals surface area contributed by atoms with E-state index in [0.717, 1.165) is 0 Å². The fraction of sp³-hybridized carbons (Fsp3) is 0.381. The van der Waals surface area contributed by atoms with Gasteiger partial charge in [-0.2, -0.15) is 0 Å².